The van der Waals surface area contributed by atoms with E-state index in [-0.39, 0.29) is 12.4 Å². The number of hydrogen-bond donors (Lipinski definition) is 0. The fraction of sp³-hybridized carbons (Fsp3) is 0. The molecule has 0 aliphatic carbocycles. The first-order valence-electron chi connectivity index (χ1n) is 0.341. The van der Waals surface area contributed by atoms with Gasteiger partial charge in [-0.25, -0.2) is 0 Å². The molecule has 0 saturated carbocycles. The molecule has 4 heteroatoms. The second-order valence-corrected chi connectivity index (χ2v) is 0.266. The van der Waals surface area contributed by atoms with Crippen molar-refractivity contribution in [2.75, 3.05) is 0 Å². The fourth-order valence-corrected chi connectivity index (χ4v) is 0. The van der Waals surface area contributed by atoms with Crippen LogP contribution < -0.4 is 12.4 Å². The predicted octanol–water partition coefficient (Wildman–Crippen LogP) is -2.78. The molecule has 0 saturated heterocycles. The van der Waals surface area contributed by atoms with Crippen molar-refractivity contribution < 1.29 is 28.6 Å². The summed E-state index contributed by atoms with van der Waals surface area (Å²) in [6.07, 6.45) is 0. The molecular weight excluding hydrogens is 121 g/mol. The van der Waals surface area contributed by atoms with Crippen molar-refractivity contribution in [1.82, 2.24) is 0 Å². The Hall–Kier alpha value is 0.409. The Morgan fingerprint density at radius 1 is 1.75 bits per heavy atom. The van der Waals surface area contributed by atoms with Crippen LogP contribution in [0, 0.1) is 4.91 Å². The van der Waals surface area contributed by atoms with Gasteiger partial charge in [0.15, 0.2) is 0 Å². The number of nitrogens with zero attached hydrogens (tertiary/aromatic N) is 1. The van der Waals surface area contributed by atoms with E-state index in [1.807, 2.05) is 4.19 Å². The number of rotatable bonds is 0. The van der Waals surface area contributed by atoms with Crippen molar-refractivity contribution in [2.24, 2.45) is 4.19 Å². The summed E-state index contributed by atoms with van der Waals surface area (Å²) in [4.78, 5) is 8.44. The normalized spacial score (nSPS) is 3.25. The Labute approximate surface area is 38.4 Å². The van der Waals surface area contributed by atoms with Crippen molar-refractivity contribution in [3.05, 3.63) is 4.91 Å². The summed E-state index contributed by atoms with van der Waals surface area (Å²) in [6, 6.07) is 0. The molecule has 0 amide bonds. The Morgan fingerprint density at radius 2 is 1.75 bits per heavy atom. The Kier molecular flexibility index (Phi) is 22.0. The summed E-state index contributed by atoms with van der Waals surface area (Å²) < 4.78 is 2.00. The van der Waals surface area contributed by atoms with Gasteiger partial charge in [0, 0.05) is 0 Å². The van der Waals surface area contributed by atoms with Crippen LogP contribution in [-0.4, -0.2) is 0 Å². The first-order chi connectivity index (χ1) is 1.41. The molecule has 0 radical (unpaired) electrons. The largest absolute Gasteiger partial charge is 1.00 e. The fourth-order valence-electron chi connectivity index (χ4n) is 0. The van der Waals surface area contributed by atoms with Gasteiger partial charge in [-0.3, -0.25) is 0 Å². The van der Waals surface area contributed by atoms with E-state index in [1.54, 1.807) is 0 Å². The molecule has 4 heavy (non-hydrogen) atoms. The maximum absolute atomic E-state index is 8.44. The minimum absolute atomic E-state index is 0. The molecular formula is ClFeNO. The number of nitroso groups, excluding NO2 is 1. The summed E-state index contributed by atoms with van der Waals surface area (Å²) in [5.74, 6) is 0. The molecule has 0 aromatic carbocycles. The molecule has 0 spiro atoms. The third-order valence-electron chi connectivity index (χ3n) is 0. The van der Waals surface area contributed by atoms with Gasteiger partial charge in [0.05, 0.1) is 0 Å². The molecule has 0 aromatic rings. The molecule has 0 heterocycles. The third-order valence-corrected chi connectivity index (χ3v) is 0. The van der Waals surface area contributed by atoms with E-state index in [2.05, 4.69) is 16.2 Å². The van der Waals surface area contributed by atoms with E-state index in [0.717, 1.165) is 0 Å². The minimum Gasteiger partial charge on any atom is -1.00 e. The van der Waals surface area contributed by atoms with Gasteiger partial charge in [-0.15, -0.1) is 0 Å². The molecule has 0 N–H and O–H groups in total. The van der Waals surface area contributed by atoms with Gasteiger partial charge in [-0.2, -0.15) is 0 Å². The molecule has 0 aliphatic rings. The summed E-state index contributed by atoms with van der Waals surface area (Å²) >= 11 is 2.56. The van der Waals surface area contributed by atoms with Crippen molar-refractivity contribution in [3.8, 4) is 0 Å². The number of hydrogen-bond acceptors (Lipinski definition) is 2. The van der Waals surface area contributed by atoms with Crippen molar-refractivity contribution in [2.45, 2.75) is 0 Å². The van der Waals surface area contributed by atoms with E-state index in [9.17, 15) is 0 Å². The van der Waals surface area contributed by atoms with Gasteiger partial charge in [0.1, 0.15) is 0 Å². The van der Waals surface area contributed by atoms with Gasteiger partial charge in [0.2, 0.25) is 0 Å². The SMILES string of the molecule is O=[N][Fe+].[Cl-]. The predicted molar refractivity (Wildman–Crippen MR) is 5.79 cm³/mol. The third kappa shape index (κ3) is 28.5. The van der Waals surface area contributed by atoms with Gasteiger partial charge in [-0.05, 0) is 0 Å². The van der Waals surface area contributed by atoms with Crippen LogP contribution in [0.3, 0.4) is 0 Å². The zero-order valence-corrected chi connectivity index (χ0v) is 3.45. The second-order valence-electron chi connectivity index (χ2n) is 0.0645. The maximum atomic E-state index is 8.44. The second kappa shape index (κ2) is 9.96. The quantitative estimate of drug-likeness (QED) is 0.252. The van der Waals surface area contributed by atoms with Crippen LogP contribution in [0.4, 0.5) is 0 Å². The summed E-state index contributed by atoms with van der Waals surface area (Å²) in [5.41, 5.74) is 0. The summed E-state index contributed by atoms with van der Waals surface area (Å²) in [5, 5.41) is 0. The monoisotopic (exact) mass is 121 g/mol. The van der Waals surface area contributed by atoms with Gasteiger partial charge in [-0.1, -0.05) is 0 Å². The smallest absolute Gasteiger partial charge is 1.00 e. The Balaban J connectivity index is 0. The standard InChI is InChI=1S/ClH.Fe.NO/c;;1-2/h1H;;/q;+2;-1/p-1. The number of halogens is 1. The minimum atomic E-state index is 0. The maximum Gasteiger partial charge on any atom is -1.00 e. The van der Waals surface area contributed by atoms with E-state index in [4.69, 9.17) is 4.91 Å². The first-order valence-corrected chi connectivity index (χ1v) is 0.834. The van der Waals surface area contributed by atoms with Crippen LogP contribution in [0.25, 0.3) is 0 Å². The Bertz CT molecular complexity index is 15.5. The molecule has 26 valence electrons. The van der Waals surface area contributed by atoms with Crippen molar-refractivity contribution in [1.29, 1.82) is 0 Å². The van der Waals surface area contributed by atoms with Crippen LogP contribution in [0.1, 0.15) is 0 Å². The van der Waals surface area contributed by atoms with Gasteiger partial charge >= 0.3 is 25.3 Å². The molecule has 0 rings (SSSR count). The molecule has 0 bridgehead atoms. The first kappa shape index (κ1) is 8.83. The molecule has 0 aliphatic heterocycles. The molecule has 0 atom stereocenters. The topological polar surface area (TPSA) is 29.4 Å². The van der Waals surface area contributed by atoms with Crippen molar-refractivity contribution >= 4 is 0 Å². The van der Waals surface area contributed by atoms with Crippen LogP contribution in [0.5, 0.6) is 0 Å². The van der Waals surface area contributed by atoms with E-state index in [0.29, 0.717) is 0 Å². The van der Waals surface area contributed by atoms with E-state index in [1.165, 1.54) is 0 Å². The molecule has 2 nitrogen and oxygen atoms in total. The summed E-state index contributed by atoms with van der Waals surface area (Å²) in [7, 11) is 0. The molecule has 0 aromatic heterocycles. The van der Waals surface area contributed by atoms with Crippen LogP contribution in [0.2, 0.25) is 0 Å². The van der Waals surface area contributed by atoms with Crippen LogP contribution in [-0.2, 0) is 16.2 Å². The Morgan fingerprint density at radius 3 is 1.75 bits per heavy atom. The van der Waals surface area contributed by atoms with E-state index < -0.39 is 0 Å². The average molecular weight is 121 g/mol. The van der Waals surface area contributed by atoms with Gasteiger partial charge < -0.3 is 12.4 Å². The molecule has 0 unspecified atom stereocenters. The molecule has 0 fully saturated rings. The van der Waals surface area contributed by atoms with Crippen LogP contribution >= 0.6 is 0 Å². The van der Waals surface area contributed by atoms with Crippen molar-refractivity contribution in [3.63, 3.8) is 0 Å². The van der Waals surface area contributed by atoms with Gasteiger partial charge in [0.25, 0.3) is 0 Å². The zero-order chi connectivity index (χ0) is 2.71. The zero-order valence-electron chi connectivity index (χ0n) is 1.59. The average Bonchev–Trinajstić information content (AvgIpc) is 0.918. The summed E-state index contributed by atoms with van der Waals surface area (Å²) in [6.45, 7) is 0. The van der Waals surface area contributed by atoms with E-state index >= 15 is 0 Å². The van der Waals surface area contributed by atoms with Crippen LogP contribution in [0.15, 0.2) is 4.19 Å².